The van der Waals surface area contributed by atoms with Gasteiger partial charge in [-0.2, -0.15) is 0 Å². The van der Waals surface area contributed by atoms with E-state index in [9.17, 15) is 0 Å². The minimum absolute atomic E-state index is 0.578. The van der Waals surface area contributed by atoms with Crippen LogP contribution in [0.5, 0.6) is 5.75 Å². The zero-order valence-electron chi connectivity index (χ0n) is 24.1. The monoisotopic (exact) mass is 509 g/mol. The number of nitrogens with two attached hydrogens (primary N) is 1. The number of unbranched alkanes of at least 4 members (excludes halogenated alkanes) is 6. The van der Waals surface area contributed by atoms with Gasteiger partial charge in [0, 0.05) is 11.3 Å². The first-order valence-electron chi connectivity index (χ1n) is 13.5. The summed E-state index contributed by atoms with van der Waals surface area (Å²) in [5, 5.41) is 0. The maximum atomic E-state index is 8.00. The third kappa shape index (κ3) is 15.6. The van der Waals surface area contributed by atoms with E-state index in [4.69, 9.17) is 20.1 Å². The highest BCUT2D eigenvalue weighted by molar-refractivity contribution is 5.67. The van der Waals surface area contributed by atoms with E-state index in [-0.39, 0.29) is 0 Å². The molecular weight excluding hydrogens is 458 g/mol. The molecule has 1 atom stereocenters. The van der Waals surface area contributed by atoms with Crippen molar-refractivity contribution in [1.29, 1.82) is 0 Å². The van der Waals surface area contributed by atoms with E-state index in [1.54, 1.807) is 6.08 Å². The minimum atomic E-state index is 0.578. The lowest BCUT2D eigenvalue weighted by Gasteiger charge is -2.14. The molecule has 0 aliphatic heterocycles. The van der Waals surface area contributed by atoms with Gasteiger partial charge in [0.25, 0.3) is 0 Å². The van der Waals surface area contributed by atoms with Crippen LogP contribution >= 0.6 is 0 Å². The van der Waals surface area contributed by atoms with Crippen molar-refractivity contribution in [1.82, 2.24) is 0 Å². The molecule has 37 heavy (non-hydrogen) atoms. The molecule has 0 saturated heterocycles. The standard InChI is InChI=1S/C29H41NO.C2H6.2CH2O/c1-5-7-8-9-10-11-12-15-23(3)26-17-13-16-25(21-26)22-31-27-18-19-28(24(4)20-27)29(30)14-6-2;3*1-2/h6,13-14,16-21,23H,2,5,7-12,15,22,30H2,1,3-4H3;1-2H3;2*1H2/b29-14-;;;. The summed E-state index contributed by atoms with van der Waals surface area (Å²) in [6.07, 6.45) is 14.4. The molecule has 2 aromatic carbocycles. The fraction of sp³-hybridized carbons (Fsp3) is 0.455. The van der Waals surface area contributed by atoms with E-state index in [1.807, 2.05) is 51.7 Å². The van der Waals surface area contributed by atoms with Gasteiger partial charge >= 0.3 is 0 Å². The molecule has 2 aromatic rings. The number of rotatable bonds is 14. The van der Waals surface area contributed by atoms with Crippen LogP contribution in [0.15, 0.2) is 61.2 Å². The summed E-state index contributed by atoms with van der Waals surface area (Å²) >= 11 is 0. The molecule has 1 unspecified atom stereocenters. The molecule has 2 rings (SSSR count). The molecule has 0 radical (unpaired) electrons. The van der Waals surface area contributed by atoms with Gasteiger partial charge in [-0.3, -0.25) is 0 Å². The third-order valence-electron chi connectivity index (χ3n) is 5.97. The van der Waals surface area contributed by atoms with Gasteiger partial charge in [0.05, 0.1) is 0 Å². The molecule has 206 valence electrons. The summed E-state index contributed by atoms with van der Waals surface area (Å²) in [5.74, 6) is 1.46. The predicted octanol–water partition coefficient (Wildman–Crippen LogP) is 8.96. The lowest BCUT2D eigenvalue weighted by Crippen LogP contribution is -2.01. The van der Waals surface area contributed by atoms with E-state index in [0.29, 0.717) is 12.5 Å². The van der Waals surface area contributed by atoms with Crippen molar-refractivity contribution >= 4 is 19.3 Å². The van der Waals surface area contributed by atoms with E-state index in [0.717, 1.165) is 22.6 Å². The topological polar surface area (TPSA) is 69.4 Å². The predicted molar refractivity (Wildman–Crippen MR) is 161 cm³/mol. The first-order valence-corrected chi connectivity index (χ1v) is 13.5. The zero-order chi connectivity index (χ0) is 28.5. The number of benzene rings is 2. The highest BCUT2D eigenvalue weighted by atomic mass is 16.5. The summed E-state index contributed by atoms with van der Waals surface area (Å²) in [7, 11) is 0. The van der Waals surface area contributed by atoms with Crippen LogP contribution in [0.3, 0.4) is 0 Å². The Labute approximate surface area is 227 Å². The maximum Gasteiger partial charge on any atom is 0.120 e. The first-order chi connectivity index (χ1) is 18.0. The molecule has 4 heteroatoms. The van der Waals surface area contributed by atoms with Crippen molar-refractivity contribution in [2.45, 2.75) is 98.5 Å². The quantitative estimate of drug-likeness (QED) is 0.204. The maximum absolute atomic E-state index is 8.00. The fourth-order valence-electron chi connectivity index (χ4n) is 4.00. The summed E-state index contributed by atoms with van der Waals surface area (Å²) in [5.41, 5.74) is 11.6. The normalized spacial score (nSPS) is 10.9. The van der Waals surface area contributed by atoms with Gasteiger partial charge in [-0.15, -0.1) is 0 Å². The van der Waals surface area contributed by atoms with Gasteiger partial charge < -0.3 is 20.1 Å². The molecule has 0 amide bonds. The Balaban J connectivity index is 0. The van der Waals surface area contributed by atoms with Crippen molar-refractivity contribution < 1.29 is 14.3 Å². The van der Waals surface area contributed by atoms with Gasteiger partial charge in [-0.05, 0) is 60.2 Å². The second-order valence-corrected chi connectivity index (χ2v) is 8.68. The summed E-state index contributed by atoms with van der Waals surface area (Å²) in [6, 6.07) is 14.9. The summed E-state index contributed by atoms with van der Waals surface area (Å²) in [6.45, 7) is 19.0. The average molecular weight is 510 g/mol. The van der Waals surface area contributed by atoms with E-state index >= 15 is 0 Å². The van der Waals surface area contributed by atoms with Crippen LogP contribution in [-0.2, 0) is 16.2 Å². The molecule has 0 aliphatic carbocycles. The lowest BCUT2D eigenvalue weighted by molar-refractivity contribution is -0.0987. The van der Waals surface area contributed by atoms with Crippen molar-refractivity contribution in [2.75, 3.05) is 0 Å². The van der Waals surface area contributed by atoms with E-state index in [2.05, 4.69) is 51.6 Å². The number of aryl methyl sites for hydroxylation is 1. The van der Waals surface area contributed by atoms with Crippen LogP contribution in [0, 0.1) is 6.92 Å². The highest BCUT2D eigenvalue weighted by Crippen LogP contribution is 2.25. The van der Waals surface area contributed by atoms with Gasteiger partial charge in [0.15, 0.2) is 0 Å². The van der Waals surface area contributed by atoms with E-state index < -0.39 is 0 Å². The highest BCUT2D eigenvalue weighted by Gasteiger charge is 2.08. The molecule has 0 fully saturated rings. The minimum Gasteiger partial charge on any atom is -0.489 e. The molecule has 2 N–H and O–H groups in total. The Morgan fingerprint density at radius 2 is 1.57 bits per heavy atom. The number of ether oxygens (including phenoxy) is 1. The van der Waals surface area contributed by atoms with Gasteiger partial charge in [0.1, 0.15) is 25.9 Å². The van der Waals surface area contributed by atoms with Crippen LogP contribution in [-0.4, -0.2) is 13.6 Å². The smallest absolute Gasteiger partial charge is 0.120 e. The number of carbonyl (C=O) groups excluding carboxylic acids is 2. The van der Waals surface area contributed by atoms with Gasteiger partial charge in [-0.25, -0.2) is 0 Å². The van der Waals surface area contributed by atoms with E-state index in [1.165, 1.54) is 62.5 Å². The first kappa shape index (κ1) is 36.0. The molecule has 0 aromatic heterocycles. The Morgan fingerprint density at radius 1 is 0.946 bits per heavy atom. The number of allylic oxidation sites excluding steroid dienone is 2. The van der Waals surface area contributed by atoms with Crippen LogP contribution in [0.1, 0.15) is 107 Å². The van der Waals surface area contributed by atoms with Crippen LogP contribution < -0.4 is 10.5 Å². The molecule has 0 aliphatic rings. The van der Waals surface area contributed by atoms with Crippen molar-refractivity contribution in [2.24, 2.45) is 5.73 Å². The number of hydrogen-bond acceptors (Lipinski definition) is 4. The lowest BCUT2D eigenvalue weighted by atomic mass is 9.93. The zero-order valence-corrected chi connectivity index (χ0v) is 24.1. The van der Waals surface area contributed by atoms with Crippen LogP contribution in [0.4, 0.5) is 0 Å². The second kappa shape index (κ2) is 24.5. The molecular formula is C33H51NO3. The van der Waals surface area contributed by atoms with Crippen LogP contribution in [0.25, 0.3) is 5.70 Å². The number of hydrogen-bond donors (Lipinski definition) is 1. The number of carbonyl (C=O) groups is 2. The summed E-state index contributed by atoms with van der Waals surface area (Å²) < 4.78 is 6.07. The second-order valence-electron chi connectivity index (χ2n) is 8.68. The van der Waals surface area contributed by atoms with Gasteiger partial charge in [-0.1, -0.05) is 110 Å². The molecule has 0 saturated carbocycles. The SMILES string of the molecule is C=C/C=C(\N)c1ccc(OCc2cccc(C(C)CCCCCCCCC)c2)cc1C.C=O.C=O.CC. The average Bonchev–Trinajstić information content (AvgIpc) is 2.95. The van der Waals surface area contributed by atoms with Crippen molar-refractivity contribution in [3.63, 3.8) is 0 Å². The van der Waals surface area contributed by atoms with Crippen molar-refractivity contribution in [3.05, 3.63) is 83.4 Å². The summed E-state index contributed by atoms with van der Waals surface area (Å²) in [4.78, 5) is 16.0. The Hall–Kier alpha value is -3.14. The Bertz CT molecular complexity index is 874. The third-order valence-corrected chi connectivity index (χ3v) is 5.97. The molecule has 4 nitrogen and oxygen atoms in total. The Kier molecular flexibility index (Phi) is 23.9. The molecule has 0 bridgehead atoms. The molecule has 0 heterocycles. The Morgan fingerprint density at radius 3 is 2.16 bits per heavy atom. The van der Waals surface area contributed by atoms with Gasteiger partial charge in [0.2, 0.25) is 0 Å². The molecule has 0 spiro atoms. The van der Waals surface area contributed by atoms with Crippen LogP contribution in [0.2, 0.25) is 0 Å². The largest absolute Gasteiger partial charge is 0.489 e. The van der Waals surface area contributed by atoms with Crippen molar-refractivity contribution in [3.8, 4) is 5.75 Å². The fourth-order valence-corrected chi connectivity index (χ4v) is 4.00.